The summed E-state index contributed by atoms with van der Waals surface area (Å²) in [6.07, 6.45) is 1.55. The molecule has 248 valence electrons. The predicted molar refractivity (Wildman–Crippen MR) is 176 cm³/mol. The van der Waals surface area contributed by atoms with Crippen molar-refractivity contribution in [2.75, 3.05) is 55.6 Å². The lowest BCUT2D eigenvalue weighted by Crippen LogP contribution is -2.11. The fourth-order valence-electron chi connectivity index (χ4n) is 6.03. The van der Waals surface area contributed by atoms with E-state index >= 15 is 0 Å². The average Bonchev–Trinajstić information content (AvgIpc) is 3.09. The van der Waals surface area contributed by atoms with Crippen LogP contribution < -0.4 is 18.9 Å². The molecule has 4 aromatic carbocycles. The number of fused-ring (bicyclic) bond motifs is 8. The van der Waals surface area contributed by atoms with Crippen LogP contribution in [0.1, 0.15) is 55.6 Å². The number of benzene rings is 4. The lowest BCUT2D eigenvalue weighted by molar-refractivity contribution is 0.0485. The van der Waals surface area contributed by atoms with E-state index in [1.807, 2.05) is 60.7 Å². The zero-order chi connectivity index (χ0) is 33.9. The zero-order valence-corrected chi connectivity index (χ0v) is 27.6. The highest BCUT2D eigenvalue weighted by atomic mass is 16.7. The van der Waals surface area contributed by atoms with Crippen molar-refractivity contribution in [3.8, 4) is 35.1 Å². The van der Waals surface area contributed by atoms with Crippen molar-refractivity contribution < 1.29 is 37.9 Å². The molecule has 0 saturated heterocycles. The van der Waals surface area contributed by atoms with E-state index in [1.54, 1.807) is 28.4 Å². The fraction of sp³-hybridized carbons (Fsp3) is 0.316. The second-order valence-corrected chi connectivity index (χ2v) is 11.2. The summed E-state index contributed by atoms with van der Waals surface area (Å²) in [4.78, 5) is 0. The van der Waals surface area contributed by atoms with Crippen LogP contribution in [0.15, 0.2) is 60.7 Å². The minimum Gasteiger partial charge on any atom is -0.467 e. The molecule has 0 aromatic heterocycles. The quantitative estimate of drug-likeness (QED) is 0.148. The van der Waals surface area contributed by atoms with Crippen molar-refractivity contribution in [3.05, 3.63) is 116 Å². The molecule has 48 heavy (non-hydrogen) atoms. The zero-order valence-electron chi connectivity index (χ0n) is 27.6. The third-order valence-electron chi connectivity index (χ3n) is 7.91. The SMILES string of the molecule is COCOc1c2cccc1Cc1cc(C#N)cc(c1OCOC)Cc1cccc(c1OCOC)Cc1cc(C#N)cc(c1OCOC)C2. The minimum atomic E-state index is 0.0200. The molecule has 0 atom stereocenters. The molecule has 0 N–H and O–H groups in total. The maximum absolute atomic E-state index is 10.1. The predicted octanol–water partition coefficient (Wildman–Crippen LogP) is 6.04. The summed E-state index contributed by atoms with van der Waals surface area (Å²) in [5, 5.41) is 20.2. The molecule has 10 nitrogen and oxygen atoms in total. The Balaban J connectivity index is 1.82. The molecule has 1 aliphatic carbocycles. The van der Waals surface area contributed by atoms with Crippen LogP contribution in [0.2, 0.25) is 0 Å². The van der Waals surface area contributed by atoms with E-state index in [2.05, 4.69) is 12.1 Å². The lowest BCUT2D eigenvalue weighted by atomic mass is 9.90. The molecule has 1 aliphatic rings. The molecule has 0 saturated carbocycles. The molecule has 0 unspecified atom stereocenters. The van der Waals surface area contributed by atoms with Crippen molar-refractivity contribution >= 4 is 0 Å². The number of nitrogens with zero attached hydrogens (tertiary/aromatic N) is 2. The Morgan fingerprint density at radius 1 is 0.438 bits per heavy atom. The van der Waals surface area contributed by atoms with Gasteiger partial charge in [-0.3, -0.25) is 0 Å². The van der Waals surface area contributed by atoms with Gasteiger partial charge in [0.1, 0.15) is 23.0 Å². The molecule has 10 heteroatoms. The van der Waals surface area contributed by atoms with Gasteiger partial charge in [0, 0.05) is 76.4 Å². The Morgan fingerprint density at radius 3 is 0.917 bits per heavy atom. The normalized spacial score (nSPS) is 12.0. The number of rotatable bonds is 12. The third kappa shape index (κ3) is 7.88. The van der Waals surface area contributed by atoms with E-state index in [1.165, 1.54) is 0 Å². The van der Waals surface area contributed by atoms with Gasteiger partial charge in [0.2, 0.25) is 0 Å². The standard InChI is InChI=1S/C38H38N2O8/c1-41-21-45-35-27-7-5-8-28(35)16-32-12-26(20-40)14-34(38(32)48-24-44-4)18-30-10-6-9-29(36(30)46-22-42-2)17-33-13-25(19-39)11-31(15-27)37(33)47-23-43-3/h5-14H,15-18,21-24H2,1-4H3. The first kappa shape index (κ1) is 34.2. The number of nitriles is 2. The van der Waals surface area contributed by atoms with Crippen LogP contribution in [0.25, 0.3) is 0 Å². The van der Waals surface area contributed by atoms with E-state index in [0.29, 0.717) is 59.8 Å². The summed E-state index contributed by atoms with van der Waals surface area (Å²) in [5.74, 6) is 2.51. The topological polar surface area (TPSA) is 121 Å². The number of hydrogen-bond acceptors (Lipinski definition) is 10. The maximum Gasteiger partial charge on any atom is 0.188 e. The summed E-state index contributed by atoms with van der Waals surface area (Å²) >= 11 is 0. The van der Waals surface area contributed by atoms with Gasteiger partial charge in [-0.25, -0.2) is 0 Å². The van der Waals surface area contributed by atoms with Gasteiger partial charge >= 0.3 is 0 Å². The molecule has 5 rings (SSSR count). The van der Waals surface area contributed by atoms with Crippen LogP contribution in [-0.4, -0.2) is 55.6 Å². The number of para-hydroxylation sites is 2. The Hall–Kier alpha value is -5.10. The van der Waals surface area contributed by atoms with Gasteiger partial charge in [-0.15, -0.1) is 0 Å². The Bertz CT molecular complexity index is 1600. The van der Waals surface area contributed by atoms with Gasteiger partial charge in [0.15, 0.2) is 27.2 Å². The monoisotopic (exact) mass is 650 g/mol. The highest BCUT2D eigenvalue weighted by molar-refractivity contribution is 5.58. The van der Waals surface area contributed by atoms with Gasteiger partial charge < -0.3 is 37.9 Å². The van der Waals surface area contributed by atoms with E-state index in [4.69, 9.17) is 37.9 Å². The van der Waals surface area contributed by atoms with Gasteiger partial charge in [-0.2, -0.15) is 10.5 Å². The lowest BCUT2D eigenvalue weighted by Gasteiger charge is -2.22. The number of methoxy groups -OCH3 is 4. The molecule has 8 bridgehead atoms. The summed E-state index contributed by atoms with van der Waals surface area (Å²) in [6, 6.07) is 23.8. The van der Waals surface area contributed by atoms with Crippen molar-refractivity contribution in [2.24, 2.45) is 0 Å². The summed E-state index contributed by atoms with van der Waals surface area (Å²) < 4.78 is 46.3. The van der Waals surface area contributed by atoms with Gasteiger partial charge in [0.25, 0.3) is 0 Å². The molecule has 0 spiro atoms. The minimum absolute atomic E-state index is 0.0200. The first-order valence-corrected chi connectivity index (χ1v) is 15.3. The summed E-state index contributed by atoms with van der Waals surface area (Å²) in [5.41, 5.74) is 7.61. The summed E-state index contributed by atoms with van der Waals surface area (Å²) in [6.45, 7) is 0.0875. The third-order valence-corrected chi connectivity index (χ3v) is 7.91. The van der Waals surface area contributed by atoms with Crippen LogP contribution in [0.4, 0.5) is 0 Å². The highest BCUT2D eigenvalue weighted by Gasteiger charge is 2.23. The summed E-state index contributed by atoms with van der Waals surface area (Å²) in [7, 11) is 6.27. The molecule has 0 radical (unpaired) electrons. The van der Waals surface area contributed by atoms with Crippen molar-refractivity contribution in [2.45, 2.75) is 25.7 Å². The van der Waals surface area contributed by atoms with Crippen molar-refractivity contribution in [1.29, 1.82) is 10.5 Å². The van der Waals surface area contributed by atoms with E-state index < -0.39 is 0 Å². The average molecular weight is 651 g/mol. The molecule has 0 aliphatic heterocycles. The Morgan fingerprint density at radius 2 is 0.688 bits per heavy atom. The van der Waals surface area contributed by atoms with E-state index in [9.17, 15) is 10.5 Å². The Labute approximate surface area is 280 Å². The van der Waals surface area contributed by atoms with Crippen LogP contribution >= 0.6 is 0 Å². The smallest absolute Gasteiger partial charge is 0.188 e. The van der Waals surface area contributed by atoms with E-state index in [-0.39, 0.29) is 27.2 Å². The van der Waals surface area contributed by atoms with Gasteiger partial charge in [-0.05, 0) is 46.5 Å². The van der Waals surface area contributed by atoms with Crippen LogP contribution in [0.5, 0.6) is 23.0 Å². The fourth-order valence-corrected chi connectivity index (χ4v) is 6.03. The molecule has 0 fully saturated rings. The second kappa shape index (κ2) is 16.6. The highest BCUT2D eigenvalue weighted by Crippen LogP contribution is 2.39. The number of hydrogen-bond donors (Lipinski definition) is 0. The Kier molecular flexibility index (Phi) is 11.9. The van der Waals surface area contributed by atoms with Crippen LogP contribution in [0, 0.1) is 22.7 Å². The molecule has 0 amide bonds. The molecular formula is C38H38N2O8. The second-order valence-electron chi connectivity index (χ2n) is 11.2. The van der Waals surface area contributed by atoms with Crippen molar-refractivity contribution in [1.82, 2.24) is 0 Å². The van der Waals surface area contributed by atoms with Crippen LogP contribution in [0.3, 0.4) is 0 Å². The largest absolute Gasteiger partial charge is 0.467 e. The van der Waals surface area contributed by atoms with E-state index in [0.717, 1.165) is 44.5 Å². The molecule has 4 aromatic rings. The van der Waals surface area contributed by atoms with Crippen molar-refractivity contribution in [3.63, 3.8) is 0 Å². The first-order chi connectivity index (χ1) is 23.5. The van der Waals surface area contributed by atoms with Gasteiger partial charge in [-0.1, -0.05) is 36.4 Å². The molecular weight excluding hydrogens is 612 g/mol. The first-order valence-electron chi connectivity index (χ1n) is 15.3. The molecule has 0 heterocycles. The maximum atomic E-state index is 10.1. The van der Waals surface area contributed by atoms with Crippen LogP contribution in [-0.2, 0) is 44.6 Å². The van der Waals surface area contributed by atoms with Gasteiger partial charge in [0.05, 0.1) is 23.3 Å². The number of ether oxygens (including phenoxy) is 8.